The fraction of sp³-hybridized carbons (Fsp3) is 0.714. The van der Waals surface area contributed by atoms with E-state index in [0.717, 1.165) is 0 Å². The first-order chi connectivity index (χ1) is 4.57. The van der Waals surface area contributed by atoms with Gasteiger partial charge >= 0.3 is 0 Å². The largest absolute Gasteiger partial charge is 0.291 e. The number of halogens is 1. The molecule has 0 heterocycles. The summed E-state index contributed by atoms with van der Waals surface area (Å²) in [6, 6.07) is 0. The van der Waals surface area contributed by atoms with Gasteiger partial charge in [-0.1, -0.05) is 29.8 Å². The third-order valence-electron chi connectivity index (χ3n) is 1.03. The summed E-state index contributed by atoms with van der Waals surface area (Å²) in [5, 5.41) is 0.151. The number of rotatable bonds is 4. The Morgan fingerprint density at radius 3 is 2.10 bits per heavy atom. The number of carbonyl (C=O) groups is 2. The Morgan fingerprint density at radius 2 is 1.80 bits per heavy atom. The summed E-state index contributed by atoms with van der Waals surface area (Å²) in [5.41, 5.74) is 0. The lowest BCUT2D eigenvalue weighted by Crippen LogP contribution is -2.16. The predicted molar refractivity (Wildman–Crippen MR) is 43.3 cm³/mol. The SMILES string of the molecule is CC(C)CC(=O)C(=O)CBr. The standard InChI is InChI=1S/C7H11BrO2/c1-5(2)3-6(9)7(10)4-8/h5H,3-4H2,1-2H3. The van der Waals surface area contributed by atoms with E-state index in [1.165, 1.54) is 0 Å². The minimum Gasteiger partial charge on any atom is -0.291 e. The van der Waals surface area contributed by atoms with Gasteiger partial charge in [-0.15, -0.1) is 0 Å². The second-order valence-corrected chi connectivity index (χ2v) is 3.14. The summed E-state index contributed by atoms with van der Waals surface area (Å²) in [4.78, 5) is 21.5. The Labute approximate surface area is 69.1 Å². The van der Waals surface area contributed by atoms with Gasteiger partial charge in [0.1, 0.15) is 0 Å². The molecule has 0 spiro atoms. The average molecular weight is 207 g/mol. The van der Waals surface area contributed by atoms with Gasteiger partial charge < -0.3 is 0 Å². The molecule has 0 bridgehead atoms. The van der Waals surface area contributed by atoms with Crippen LogP contribution in [0, 0.1) is 5.92 Å². The molecule has 0 aliphatic carbocycles. The van der Waals surface area contributed by atoms with Crippen molar-refractivity contribution in [3.63, 3.8) is 0 Å². The van der Waals surface area contributed by atoms with Crippen LogP contribution in [0.4, 0.5) is 0 Å². The van der Waals surface area contributed by atoms with Gasteiger partial charge in [0.25, 0.3) is 0 Å². The molecule has 0 atom stereocenters. The van der Waals surface area contributed by atoms with Gasteiger partial charge in [-0.25, -0.2) is 0 Å². The van der Waals surface area contributed by atoms with Crippen LogP contribution in [0.1, 0.15) is 20.3 Å². The van der Waals surface area contributed by atoms with Crippen LogP contribution in [0.5, 0.6) is 0 Å². The van der Waals surface area contributed by atoms with Crippen LogP contribution in [-0.4, -0.2) is 16.9 Å². The summed E-state index contributed by atoms with van der Waals surface area (Å²) in [5.74, 6) is -0.323. The predicted octanol–water partition coefficient (Wildman–Crippen LogP) is 1.57. The summed E-state index contributed by atoms with van der Waals surface area (Å²) in [7, 11) is 0. The first-order valence-electron chi connectivity index (χ1n) is 3.20. The van der Waals surface area contributed by atoms with E-state index in [1.807, 2.05) is 13.8 Å². The summed E-state index contributed by atoms with van der Waals surface area (Å²) < 4.78 is 0. The molecule has 0 N–H and O–H groups in total. The van der Waals surface area contributed by atoms with Crippen molar-refractivity contribution < 1.29 is 9.59 Å². The molecule has 58 valence electrons. The van der Waals surface area contributed by atoms with Crippen LogP contribution in [0.25, 0.3) is 0 Å². The number of Topliss-reactive ketones (excluding diaryl/α,β-unsaturated/α-hetero) is 2. The Kier molecular flexibility index (Phi) is 4.52. The fourth-order valence-electron chi connectivity index (χ4n) is 0.559. The van der Waals surface area contributed by atoms with Gasteiger partial charge in [0, 0.05) is 6.42 Å². The van der Waals surface area contributed by atoms with Crippen molar-refractivity contribution in [2.24, 2.45) is 5.92 Å². The zero-order valence-electron chi connectivity index (χ0n) is 6.19. The second-order valence-electron chi connectivity index (χ2n) is 2.58. The Bertz CT molecular complexity index is 141. The monoisotopic (exact) mass is 206 g/mol. The van der Waals surface area contributed by atoms with Crippen LogP contribution in [0.15, 0.2) is 0 Å². The molecule has 0 rings (SSSR count). The normalized spacial score (nSPS) is 10.0. The van der Waals surface area contributed by atoms with Crippen LogP contribution in [0.2, 0.25) is 0 Å². The number of hydrogen-bond donors (Lipinski definition) is 0. The summed E-state index contributed by atoms with van der Waals surface area (Å²) in [6.07, 6.45) is 0.366. The molecule has 3 heteroatoms. The summed E-state index contributed by atoms with van der Waals surface area (Å²) >= 11 is 2.93. The molecular weight excluding hydrogens is 196 g/mol. The van der Waals surface area contributed by atoms with Gasteiger partial charge in [0.05, 0.1) is 5.33 Å². The quantitative estimate of drug-likeness (QED) is 0.517. The second kappa shape index (κ2) is 4.61. The van der Waals surface area contributed by atoms with Crippen LogP contribution >= 0.6 is 15.9 Å². The zero-order chi connectivity index (χ0) is 8.15. The van der Waals surface area contributed by atoms with E-state index in [-0.39, 0.29) is 22.8 Å². The van der Waals surface area contributed by atoms with Crippen molar-refractivity contribution in [2.45, 2.75) is 20.3 Å². The minimum atomic E-state index is -0.325. The van der Waals surface area contributed by atoms with E-state index >= 15 is 0 Å². The van der Waals surface area contributed by atoms with Gasteiger partial charge in [0.2, 0.25) is 5.78 Å². The highest BCUT2D eigenvalue weighted by molar-refractivity contribution is 9.09. The molecule has 0 fully saturated rings. The van der Waals surface area contributed by atoms with E-state index in [9.17, 15) is 9.59 Å². The summed E-state index contributed by atoms with van der Waals surface area (Å²) in [6.45, 7) is 3.83. The van der Waals surface area contributed by atoms with E-state index in [2.05, 4.69) is 15.9 Å². The Balaban J connectivity index is 3.74. The van der Waals surface area contributed by atoms with Crippen molar-refractivity contribution >= 4 is 27.5 Å². The fourth-order valence-corrected chi connectivity index (χ4v) is 0.872. The molecule has 10 heavy (non-hydrogen) atoms. The molecule has 0 radical (unpaired) electrons. The Morgan fingerprint density at radius 1 is 1.30 bits per heavy atom. The maximum atomic E-state index is 10.8. The third kappa shape index (κ3) is 3.77. The van der Waals surface area contributed by atoms with E-state index in [1.54, 1.807) is 0 Å². The average Bonchev–Trinajstić information content (AvgIpc) is 1.85. The van der Waals surface area contributed by atoms with Crippen LogP contribution in [0.3, 0.4) is 0 Å². The highest BCUT2D eigenvalue weighted by Gasteiger charge is 2.12. The lowest BCUT2D eigenvalue weighted by Gasteiger charge is -1.99. The maximum absolute atomic E-state index is 10.8. The number of hydrogen-bond acceptors (Lipinski definition) is 2. The van der Waals surface area contributed by atoms with E-state index in [0.29, 0.717) is 6.42 Å². The van der Waals surface area contributed by atoms with Gasteiger partial charge in [-0.2, -0.15) is 0 Å². The molecule has 2 nitrogen and oxygen atoms in total. The molecular formula is C7H11BrO2. The topological polar surface area (TPSA) is 34.1 Å². The smallest absolute Gasteiger partial charge is 0.208 e. The number of ketones is 2. The van der Waals surface area contributed by atoms with E-state index < -0.39 is 0 Å². The van der Waals surface area contributed by atoms with Gasteiger partial charge in [-0.3, -0.25) is 9.59 Å². The zero-order valence-corrected chi connectivity index (χ0v) is 7.77. The first-order valence-corrected chi connectivity index (χ1v) is 4.32. The highest BCUT2D eigenvalue weighted by Crippen LogP contribution is 2.01. The van der Waals surface area contributed by atoms with E-state index in [4.69, 9.17) is 0 Å². The number of carbonyl (C=O) groups excluding carboxylic acids is 2. The maximum Gasteiger partial charge on any atom is 0.208 e. The molecule has 0 aliphatic heterocycles. The van der Waals surface area contributed by atoms with Crippen molar-refractivity contribution in [2.75, 3.05) is 5.33 Å². The third-order valence-corrected chi connectivity index (χ3v) is 1.54. The van der Waals surface area contributed by atoms with Crippen LogP contribution in [-0.2, 0) is 9.59 Å². The van der Waals surface area contributed by atoms with Crippen molar-refractivity contribution in [1.29, 1.82) is 0 Å². The molecule has 0 saturated carbocycles. The first kappa shape index (κ1) is 9.82. The molecule has 0 aromatic carbocycles. The Hall–Kier alpha value is -0.180. The van der Waals surface area contributed by atoms with Gasteiger partial charge in [0.15, 0.2) is 5.78 Å². The molecule has 0 aromatic rings. The molecule has 0 aromatic heterocycles. The van der Waals surface area contributed by atoms with Gasteiger partial charge in [-0.05, 0) is 5.92 Å². The van der Waals surface area contributed by atoms with Crippen molar-refractivity contribution in [3.05, 3.63) is 0 Å². The van der Waals surface area contributed by atoms with Crippen LogP contribution < -0.4 is 0 Å². The molecule has 0 amide bonds. The molecule has 0 saturated heterocycles. The van der Waals surface area contributed by atoms with Crippen molar-refractivity contribution in [3.8, 4) is 0 Å². The lowest BCUT2D eigenvalue weighted by atomic mass is 10.1. The minimum absolute atomic E-state index is 0.151. The molecule has 0 aliphatic rings. The van der Waals surface area contributed by atoms with Crippen molar-refractivity contribution in [1.82, 2.24) is 0 Å². The number of alkyl halides is 1. The molecule has 0 unspecified atom stereocenters. The lowest BCUT2D eigenvalue weighted by molar-refractivity contribution is -0.135. The highest BCUT2D eigenvalue weighted by atomic mass is 79.9.